The van der Waals surface area contributed by atoms with E-state index in [2.05, 4.69) is 4.72 Å². The van der Waals surface area contributed by atoms with Gasteiger partial charge in [0.25, 0.3) is 0 Å². The number of aryl methyl sites for hydroxylation is 1. The van der Waals surface area contributed by atoms with E-state index in [0.29, 0.717) is 25.6 Å². The van der Waals surface area contributed by atoms with Crippen molar-refractivity contribution in [3.8, 4) is 0 Å². The minimum Gasteiger partial charge on any atom is -0.380 e. The zero-order valence-electron chi connectivity index (χ0n) is 11.8. The summed E-state index contributed by atoms with van der Waals surface area (Å²) in [6, 6.07) is 4.99. The lowest BCUT2D eigenvalue weighted by Crippen LogP contribution is -2.27. The van der Waals surface area contributed by atoms with Gasteiger partial charge < -0.3 is 10.5 Å². The first kappa shape index (κ1) is 15.4. The summed E-state index contributed by atoms with van der Waals surface area (Å²) >= 11 is 0. The number of hydrogen-bond acceptors (Lipinski definition) is 4. The lowest BCUT2D eigenvalue weighted by molar-refractivity contribution is 0.129. The van der Waals surface area contributed by atoms with Crippen LogP contribution in [0.15, 0.2) is 23.1 Å². The molecule has 1 aromatic carbocycles. The third kappa shape index (κ3) is 4.28. The summed E-state index contributed by atoms with van der Waals surface area (Å²) in [5.74, 6) is 0.693. The summed E-state index contributed by atoms with van der Waals surface area (Å²) < 4.78 is 32.1. The van der Waals surface area contributed by atoms with Crippen LogP contribution in [0.4, 0.5) is 0 Å². The molecule has 1 saturated carbocycles. The van der Waals surface area contributed by atoms with Gasteiger partial charge in [0, 0.05) is 19.7 Å². The molecule has 0 amide bonds. The van der Waals surface area contributed by atoms with E-state index in [1.807, 2.05) is 6.92 Å². The molecule has 6 heteroatoms. The van der Waals surface area contributed by atoms with Crippen LogP contribution in [0.25, 0.3) is 0 Å². The van der Waals surface area contributed by atoms with Crippen molar-refractivity contribution in [3.05, 3.63) is 29.3 Å². The topological polar surface area (TPSA) is 81.4 Å². The van der Waals surface area contributed by atoms with Gasteiger partial charge in [0.1, 0.15) is 0 Å². The van der Waals surface area contributed by atoms with Crippen LogP contribution in [0, 0.1) is 12.8 Å². The third-order valence-corrected chi connectivity index (χ3v) is 4.89. The van der Waals surface area contributed by atoms with E-state index in [4.69, 9.17) is 10.5 Å². The Morgan fingerprint density at radius 1 is 1.40 bits per heavy atom. The highest BCUT2D eigenvalue weighted by atomic mass is 32.2. The predicted molar refractivity (Wildman–Crippen MR) is 77.8 cm³/mol. The molecule has 0 radical (unpaired) electrons. The number of ether oxygens (including phenoxy) is 1. The summed E-state index contributed by atoms with van der Waals surface area (Å²) in [5.41, 5.74) is 7.42. The van der Waals surface area contributed by atoms with E-state index >= 15 is 0 Å². The molecule has 1 aliphatic carbocycles. The van der Waals surface area contributed by atoms with Gasteiger partial charge in [0.2, 0.25) is 10.0 Å². The van der Waals surface area contributed by atoms with Gasteiger partial charge in [0.15, 0.2) is 0 Å². The van der Waals surface area contributed by atoms with Crippen LogP contribution < -0.4 is 10.5 Å². The maximum absolute atomic E-state index is 12.1. The summed E-state index contributed by atoms with van der Waals surface area (Å²) in [7, 11) is -3.46. The fourth-order valence-corrected chi connectivity index (χ4v) is 3.03. The van der Waals surface area contributed by atoms with Crippen LogP contribution in [-0.2, 0) is 21.3 Å². The lowest BCUT2D eigenvalue weighted by Gasteiger charge is -2.09. The second-order valence-corrected chi connectivity index (χ2v) is 6.98. The zero-order valence-corrected chi connectivity index (χ0v) is 12.6. The maximum Gasteiger partial charge on any atom is 0.240 e. The molecule has 0 unspecified atom stereocenters. The monoisotopic (exact) mass is 298 g/mol. The second kappa shape index (κ2) is 6.67. The Morgan fingerprint density at radius 3 is 2.75 bits per heavy atom. The Morgan fingerprint density at radius 2 is 2.15 bits per heavy atom. The van der Waals surface area contributed by atoms with Crippen molar-refractivity contribution in [3.63, 3.8) is 0 Å². The Bertz CT molecular complexity index is 554. The van der Waals surface area contributed by atoms with Crippen LogP contribution in [0.2, 0.25) is 0 Å². The van der Waals surface area contributed by atoms with Gasteiger partial charge in [0.05, 0.1) is 11.5 Å². The first-order chi connectivity index (χ1) is 9.53. The van der Waals surface area contributed by atoms with Crippen molar-refractivity contribution in [2.24, 2.45) is 11.7 Å². The Hall–Kier alpha value is -0.950. The Labute approximate surface area is 120 Å². The number of nitrogens with two attached hydrogens (primary N) is 1. The highest BCUT2D eigenvalue weighted by Gasteiger charge is 2.21. The molecule has 112 valence electrons. The summed E-state index contributed by atoms with van der Waals surface area (Å²) in [6.07, 6.45) is 2.47. The van der Waals surface area contributed by atoms with E-state index in [9.17, 15) is 8.42 Å². The molecule has 3 N–H and O–H groups in total. The van der Waals surface area contributed by atoms with E-state index in [1.165, 1.54) is 12.8 Å². The highest BCUT2D eigenvalue weighted by molar-refractivity contribution is 7.89. The third-order valence-electron chi connectivity index (χ3n) is 3.43. The molecule has 0 aromatic heterocycles. The van der Waals surface area contributed by atoms with Crippen LogP contribution in [-0.4, -0.2) is 28.2 Å². The van der Waals surface area contributed by atoms with Crippen molar-refractivity contribution >= 4 is 10.0 Å². The first-order valence-corrected chi connectivity index (χ1v) is 8.38. The van der Waals surface area contributed by atoms with E-state index < -0.39 is 10.0 Å². The van der Waals surface area contributed by atoms with E-state index in [-0.39, 0.29) is 4.90 Å². The van der Waals surface area contributed by atoms with Gasteiger partial charge in [-0.2, -0.15) is 0 Å². The molecule has 1 fully saturated rings. The lowest BCUT2D eigenvalue weighted by atomic mass is 10.1. The number of rotatable bonds is 8. The van der Waals surface area contributed by atoms with Crippen LogP contribution in [0.1, 0.15) is 24.0 Å². The molecule has 5 nitrogen and oxygen atoms in total. The number of hydrogen-bond donors (Lipinski definition) is 2. The highest BCUT2D eigenvalue weighted by Crippen LogP contribution is 2.28. The van der Waals surface area contributed by atoms with Crippen molar-refractivity contribution in [2.75, 3.05) is 19.8 Å². The molecule has 0 saturated heterocycles. The van der Waals surface area contributed by atoms with Gasteiger partial charge in [-0.1, -0.05) is 6.07 Å². The van der Waals surface area contributed by atoms with Gasteiger partial charge in [-0.05, 0) is 48.9 Å². The van der Waals surface area contributed by atoms with Gasteiger partial charge in [-0.15, -0.1) is 0 Å². The van der Waals surface area contributed by atoms with Crippen molar-refractivity contribution < 1.29 is 13.2 Å². The van der Waals surface area contributed by atoms with Crippen LogP contribution in [0.5, 0.6) is 0 Å². The summed E-state index contributed by atoms with van der Waals surface area (Å²) in [6.45, 7) is 3.73. The minimum absolute atomic E-state index is 0.273. The van der Waals surface area contributed by atoms with Gasteiger partial charge >= 0.3 is 0 Å². The fraction of sp³-hybridized carbons (Fsp3) is 0.571. The smallest absolute Gasteiger partial charge is 0.240 e. The van der Waals surface area contributed by atoms with Crippen LogP contribution >= 0.6 is 0 Å². The fourth-order valence-electron chi connectivity index (χ4n) is 1.93. The largest absolute Gasteiger partial charge is 0.380 e. The van der Waals surface area contributed by atoms with Crippen molar-refractivity contribution in [2.45, 2.75) is 31.2 Å². The molecule has 0 bridgehead atoms. The Balaban J connectivity index is 1.86. The summed E-state index contributed by atoms with van der Waals surface area (Å²) in [4.78, 5) is 0.273. The van der Waals surface area contributed by atoms with E-state index in [1.54, 1.807) is 18.2 Å². The molecule has 0 heterocycles. The van der Waals surface area contributed by atoms with Gasteiger partial charge in [-0.25, -0.2) is 13.1 Å². The number of benzene rings is 1. The second-order valence-electron chi connectivity index (χ2n) is 5.21. The molecular weight excluding hydrogens is 276 g/mol. The van der Waals surface area contributed by atoms with E-state index in [0.717, 1.165) is 17.7 Å². The number of nitrogens with one attached hydrogen (secondary N) is 1. The molecule has 20 heavy (non-hydrogen) atoms. The van der Waals surface area contributed by atoms with Crippen molar-refractivity contribution in [1.29, 1.82) is 0 Å². The normalized spacial score (nSPS) is 15.5. The standard InChI is InChI=1S/C14H22N2O3S/c1-11-8-14(5-4-13(11)9-15)20(17,18)16-6-7-19-10-12-2-3-12/h4-5,8,12,16H,2-3,6-7,9-10,15H2,1H3. The van der Waals surface area contributed by atoms with Crippen molar-refractivity contribution in [1.82, 2.24) is 4.72 Å². The SMILES string of the molecule is Cc1cc(S(=O)(=O)NCCOCC2CC2)ccc1CN. The minimum atomic E-state index is -3.46. The van der Waals surface area contributed by atoms with Crippen LogP contribution in [0.3, 0.4) is 0 Å². The summed E-state index contributed by atoms with van der Waals surface area (Å²) in [5, 5.41) is 0. The average molecular weight is 298 g/mol. The number of sulfonamides is 1. The average Bonchev–Trinajstić information content (AvgIpc) is 3.22. The molecule has 0 spiro atoms. The quantitative estimate of drug-likeness (QED) is 0.706. The van der Waals surface area contributed by atoms with Gasteiger partial charge in [-0.3, -0.25) is 0 Å². The molecule has 0 atom stereocenters. The predicted octanol–water partition coefficient (Wildman–Crippen LogP) is 1.16. The first-order valence-electron chi connectivity index (χ1n) is 6.90. The molecule has 0 aliphatic heterocycles. The molecule has 1 aromatic rings. The molecule has 1 aliphatic rings. The molecular formula is C14H22N2O3S. The molecule has 2 rings (SSSR count). The zero-order chi connectivity index (χ0) is 14.6. The maximum atomic E-state index is 12.1. The Kier molecular flexibility index (Phi) is 5.15.